The summed E-state index contributed by atoms with van der Waals surface area (Å²) in [5, 5.41) is 47.6. The summed E-state index contributed by atoms with van der Waals surface area (Å²) in [6.45, 7) is 10.2. The van der Waals surface area contributed by atoms with Crippen LogP contribution in [-0.2, 0) is 57.0 Å². The number of ether oxygens (including phenoxy) is 9. The van der Waals surface area contributed by atoms with E-state index in [9.17, 15) is 44.4 Å². The molecule has 3 saturated heterocycles. The van der Waals surface area contributed by atoms with Crippen LogP contribution in [0.1, 0.15) is 119 Å². The summed E-state index contributed by atoms with van der Waals surface area (Å²) < 4.78 is 54.4. The molecule has 0 aromatic heterocycles. The van der Waals surface area contributed by atoms with Crippen molar-refractivity contribution in [2.24, 2.45) is 0 Å². The molecule has 3 aliphatic carbocycles. The molecule has 67 heavy (non-hydrogen) atoms. The van der Waals surface area contributed by atoms with E-state index in [1.54, 1.807) is 46.8 Å². The number of aliphatic hydroxyl groups is 3. The Balaban J connectivity index is 0.843. The molecule has 18 nitrogen and oxygen atoms in total. The summed E-state index contributed by atoms with van der Waals surface area (Å²) in [7, 11) is 0. The fraction of sp³-hybridized carbons (Fsp3) is 0.612. The van der Waals surface area contributed by atoms with Crippen LogP contribution in [0.3, 0.4) is 0 Å². The largest absolute Gasteiger partial charge is 0.507 e. The van der Waals surface area contributed by atoms with Crippen molar-refractivity contribution in [3.63, 3.8) is 0 Å². The Morgan fingerprint density at radius 3 is 1.88 bits per heavy atom. The number of aliphatic hydroxyl groups excluding tert-OH is 1. The van der Waals surface area contributed by atoms with E-state index >= 15 is 0 Å². The van der Waals surface area contributed by atoms with Crippen molar-refractivity contribution >= 4 is 28.9 Å². The molecule has 1 saturated carbocycles. The van der Waals surface area contributed by atoms with Crippen LogP contribution in [-0.4, -0.2) is 146 Å². The number of aromatic hydroxyl groups is 1. The van der Waals surface area contributed by atoms with Crippen LogP contribution in [0.2, 0.25) is 0 Å². The molecule has 4 fully saturated rings. The van der Waals surface area contributed by atoms with Gasteiger partial charge in [0.2, 0.25) is 0 Å². The first-order chi connectivity index (χ1) is 31.7. The molecule has 1 aromatic carbocycles. The molecule has 0 unspecified atom stereocenters. The number of rotatable bonds is 9. The van der Waals surface area contributed by atoms with E-state index < -0.39 is 132 Å². The first kappa shape index (κ1) is 47.9. The van der Waals surface area contributed by atoms with E-state index in [2.05, 4.69) is 0 Å². The molecule has 0 radical (unpaired) electrons. The zero-order valence-electron chi connectivity index (χ0n) is 38.2. The van der Waals surface area contributed by atoms with Crippen LogP contribution in [0, 0.1) is 0 Å². The summed E-state index contributed by atoms with van der Waals surface area (Å²) in [5.41, 5.74) is -8.05. The fourth-order valence-corrected chi connectivity index (χ4v) is 10.7. The quantitative estimate of drug-likeness (QED) is 0.277. The maximum atomic E-state index is 14.4. The molecule has 1 aromatic rings. The zero-order valence-corrected chi connectivity index (χ0v) is 38.2. The van der Waals surface area contributed by atoms with E-state index in [1.165, 1.54) is 30.4 Å². The van der Waals surface area contributed by atoms with Gasteiger partial charge < -0.3 is 63.1 Å². The maximum Gasteiger partial charge on any atom is 0.198 e. The molecule has 9 rings (SSSR count). The highest BCUT2D eigenvalue weighted by atomic mass is 16.7. The molecule has 5 heterocycles. The number of Topliss-reactive ketones (excluding diaryl/α,β-unsaturated/α-hetero) is 3. The van der Waals surface area contributed by atoms with E-state index in [1.807, 2.05) is 6.92 Å². The third-order valence-electron chi connectivity index (χ3n) is 14.4. The van der Waals surface area contributed by atoms with Gasteiger partial charge >= 0.3 is 0 Å². The van der Waals surface area contributed by atoms with Crippen molar-refractivity contribution < 1.29 is 87.0 Å². The SMILES string of the molecule is C[C@@H]1O[C@@H](O[C@H]2CC[C@H](O[C@@H]3[C@H](C)O[C@@H](c4ccc5c(c4O)C(=O)C4=C(C5=O)[C@@]5(O)C(=O)C[C@](C)(O[C@@H]6CC[C@H](O[C@H]7C=CC(=O)[C@H](C)O7)[C@H](C)O6)C[C@@]5(O)C=C4)C[C@@H]3O)O[C@H]2C)C=CC1=O. The summed E-state index contributed by atoms with van der Waals surface area (Å²) in [6.07, 6.45) is -0.115. The van der Waals surface area contributed by atoms with Gasteiger partial charge in [0.05, 0.1) is 59.5 Å². The molecule has 18 heteroatoms. The average molecular weight is 935 g/mol. The lowest BCUT2D eigenvalue weighted by Gasteiger charge is -2.53. The van der Waals surface area contributed by atoms with Crippen molar-refractivity contribution in [1.29, 1.82) is 0 Å². The molecule has 5 aliphatic heterocycles. The van der Waals surface area contributed by atoms with Crippen molar-refractivity contribution in [1.82, 2.24) is 0 Å². The molecule has 17 atom stereocenters. The second-order valence-corrected chi connectivity index (χ2v) is 19.3. The van der Waals surface area contributed by atoms with Gasteiger partial charge in [0.15, 0.2) is 59.7 Å². The van der Waals surface area contributed by atoms with Gasteiger partial charge in [-0.15, -0.1) is 0 Å². The summed E-state index contributed by atoms with van der Waals surface area (Å²) >= 11 is 0. The Bertz CT molecular complexity index is 2320. The second-order valence-electron chi connectivity index (χ2n) is 19.3. The lowest BCUT2D eigenvalue weighted by Crippen LogP contribution is -2.69. The Morgan fingerprint density at radius 2 is 1.30 bits per heavy atom. The normalized spacial score (nSPS) is 43.3. The van der Waals surface area contributed by atoms with Gasteiger partial charge in [-0.05, 0) is 90.8 Å². The number of carbonyl (C=O) groups is 5. The number of carbonyl (C=O) groups excluding carboxylic acids is 5. The van der Waals surface area contributed by atoms with Crippen LogP contribution < -0.4 is 0 Å². The van der Waals surface area contributed by atoms with Crippen LogP contribution in [0.4, 0.5) is 0 Å². The molecule has 0 bridgehead atoms. The first-order valence-corrected chi connectivity index (χ1v) is 23.1. The predicted molar refractivity (Wildman–Crippen MR) is 229 cm³/mol. The van der Waals surface area contributed by atoms with Crippen LogP contribution in [0.15, 0.2) is 59.7 Å². The monoisotopic (exact) mass is 934 g/mol. The summed E-state index contributed by atoms with van der Waals surface area (Å²) in [5.74, 6) is -3.57. The topological polar surface area (TPSA) is 249 Å². The van der Waals surface area contributed by atoms with E-state index in [4.69, 9.17) is 42.6 Å². The number of hydrogen-bond acceptors (Lipinski definition) is 18. The van der Waals surface area contributed by atoms with Gasteiger partial charge in [-0.1, -0.05) is 12.1 Å². The number of benzene rings is 1. The Hall–Kier alpha value is -4.15. The smallest absolute Gasteiger partial charge is 0.198 e. The number of phenolic OH excluding ortho intramolecular Hbond substituents is 1. The Kier molecular flexibility index (Phi) is 12.9. The van der Waals surface area contributed by atoms with E-state index in [0.29, 0.717) is 25.7 Å². The fourth-order valence-electron chi connectivity index (χ4n) is 10.7. The number of hydrogen-bond donors (Lipinski definition) is 4. The lowest BCUT2D eigenvalue weighted by atomic mass is 9.57. The van der Waals surface area contributed by atoms with E-state index in [-0.39, 0.29) is 52.8 Å². The molecule has 362 valence electrons. The lowest BCUT2D eigenvalue weighted by molar-refractivity contribution is -0.292. The minimum atomic E-state index is -2.83. The molecule has 4 N–H and O–H groups in total. The maximum absolute atomic E-state index is 14.4. The highest BCUT2D eigenvalue weighted by Gasteiger charge is 2.67. The Morgan fingerprint density at radius 1 is 0.701 bits per heavy atom. The standard InChI is InChI=1S/C49H58O18/c1-22-30(50)9-13-37(60-22)64-33-11-15-39(62-24(33)3)66-46-26(5)59-35(19-32(46)52)27-7-8-28-41(43(27)54)44(55)29-17-18-48(57)21-47(6,20-36(53)49(48,58)42(29)45(28)56)67-40-16-12-34(25(4)63-40)65-38-14-10-31(51)23(2)61-38/h7-10,13-14,17-18,22-26,32-35,37-40,46,52,54,57-58H,11-12,15-16,19-21H2,1-6H3/t22-,23-,24-,25-,26-,32-,33-,34-,35+,37-,38-,39-,40+,46+,47-,48-,49-/m0/s1. The van der Waals surface area contributed by atoms with Gasteiger partial charge in [0, 0.05) is 48.8 Å². The van der Waals surface area contributed by atoms with Crippen molar-refractivity contribution in [2.45, 2.75) is 189 Å². The zero-order chi connectivity index (χ0) is 47.9. The second kappa shape index (κ2) is 18.0. The summed E-state index contributed by atoms with van der Waals surface area (Å²) in [4.78, 5) is 66.5. The van der Waals surface area contributed by atoms with E-state index in [0.717, 1.165) is 6.08 Å². The average Bonchev–Trinajstić information content (AvgIpc) is 3.26. The van der Waals surface area contributed by atoms with Crippen molar-refractivity contribution in [3.05, 3.63) is 76.4 Å². The van der Waals surface area contributed by atoms with Gasteiger partial charge in [0.25, 0.3) is 0 Å². The third-order valence-corrected chi connectivity index (χ3v) is 14.4. The van der Waals surface area contributed by atoms with Gasteiger partial charge in [-0.25, -0.2) is 0 Å². The highest BCUT2D eigenvalue weighted by molar-refractivity contribution is 6.32. The minimum Gasteiger partial charge on any atom is -0.507 e. The molecule has 0 spiro atoms. The molecule has 0 amide bonds. The van der Waals surface area contributed by atoms with Crippen LogP contribution in [0.5, 0.6) is 5.75 Å². The van der Waals surface area contributed by atoms with Gasteiger partial charge in [-0.2, -0.15) is 0 Å². The van der Waals surface area contributed by atoms with Crippen LogP contribution >= 0.6 is 0 Å². The number of ketones is 5. The summed E-state index contributed by atoms with van der Waals surface area (Å²) in [6, 6.07) is 2.70. The Labute approximate surface area is 386 Å². The third kappa shape index (κ3) is 8.67. The number of allylic oxidation sites excluding steroid dienone is 2. The predicted octanol–water partition coefficient (Wildman–Crippen LogP) is 3.39. The van der Waals surface area contributed by atoms with Crippen LogP contribution in [0.25, 0.3) is 0 Å². The van der Waals surface area contributed by atoms with Gasteiger partial charge in [-0.3, -0.25) is 24.0 Å². The number of fused-ring (bicyclic) bond motifs is 3. The van der Waals surface area contributed by atoms with Crippen molar-refractivity contribution in [2.75, 3.05) is 0 Å². The first-order valence-electron chi connectivity index (χ1n) is 23.1. The number of phenols is 1. The van der Waals surface area contributed by atoms with Gasteiger partial charge in [0.1, 0.15) is 29.7 Å². The minimum absolute atomic E-state index is 0.0512. The highest BCUT2D eigenvalue weighted by Crippen LogP contribution is 2.53. The molecular weight excluding hydrogens is 877 g/mol. The van der Waals surface area contributed by atoms with Crippen molar-refractivity contribution in [3.8, 4) is 5.75 Å². The molecule has 8 aliphatic rings. The molecular formula is C49H58O18.